The number of anilines is 1. The standard InChI is InChI=1S/C14H12Br2N2O/c15-11-7-6-9(8-12(11)16)13(14(17)19)18-10-4-2-1-3-5-10/h1-8,13,18H,(H2,17,19). The van der Waals surface area contributed by atoms with Crippen LogP contribution in [0.4, 0.5) is 5.69 Å². The van der Waals surface area contributed by atoms with Gasteiger partial charge in [0.25, 0.3) is 0 Å². The number of nitrogens with two attached hydrogens (primary N) is 1. The van der Waals surface area contributed by atoms with E-state index in [2.05, 4.69) is 37.2 Å². The molecule has 2 aromatic carbocycles. The first-order valence-electron chi connectivity index (χ1n) is 5.64. The number of halogens is 2. The summed E-state index contributed by atoms with van der Waals surface area (Å²) in [7, 11) is 0. The summed E-state index contributed by atoms with van der Waals surface area (Å²) < 4.78 is 1.81. The van der Waals surface area contributed by atoms with Crippen molar-refractivity contribution in [2.75, 3.05) is 5.32 Å². The molecule has 0 aromatic heterocycles. The zero-order valence-corrected chi connectivity index (χ0v) is 13.1. The molecular weight excluding hydrogens is 372 g/mol. The quantitative estimate of drug-likeness (QED) is 0.842. The third kappa shape index (κ3) is 3.58. The molecular formula is C14H12Br2N2O. The van der Waals surface area contributed by atoms with Crippen LogP contribution in [-0.2, 0) is 4.79 Å². The van der Waals surface area contributed by atoms with Gasteiger partial charge in [-0.3, -0.25) is 4.79 Å². The summed E-state index contributed by atoms with van der Waals surface area (Å²) >= 11 is 6.82. The average molecular weight is 384 g/mol. The van der Waals surface area contributed by atoms with Crippen LogP contribution >= 0.6 is 31.9 Å². The van der Waals surface area contributed by atoms with Crippen molar-refractivity contribution in [3.63, 3.8) is 0 Å². The number of rotatable bonds is 4. The van der Waals surface area contributed by atoms with Crippen LogP contribution in [0.1, 0.15) is 11.6 Å². The molecule has 5 heteroatoms. The fourth-order valence-corrected chi connectivity index (χ4v) is 2.35. The van der Waals surface area contributed by atoms with Gasteiger partial charge in [-0.15, -0.1) is 0 Å². The lowest BCUT2D eigenvalue weighted by Crippen LogP contribution is -2.27. The van der Waals surface area contributed by atoms with Gasteiger partial charge in [-0.1, -0.05) is 24.3 Å². The SMILES string of the molecule is NC(=O)C(Nc1ccccc1)c1ccc(Br)c(Br)c1. The largest absolute Gasteiger partial charge is 0.370 e. The number of para-hydroxylation sites is 1. The number of primary amides is 1. The highest BCUT2D eigenvalue weighted by molar-refractivity contribution is 9.13. The molecule has 0 aliphatic rings. The van der Waals surface area contributed by atoms with Crippen molar-refractivity contribution in [3.05, 3.63) is 63.0 Å². The van der Waals surface area contributed by atoms with Crippen molar-refractivity contribution in [1.29, 1.82) is 0 Å². The highest BCUT2D eigenvalue weighted by Crippen LogP contribution is 2.28. The number of benzene rings is 2. The molecule has 19 heavy (non-hydrogen) atoms. The summed E-state index contributed by atoms with van der Waals surface area (Å²) in [6, 6.07) is 14.5. The summed E-state index contributed by atoms with van der Waals surface area (Å²) in [5, 5.41) is 3.13. The summed E-state index contributed by atoms with van der Waals surface area (Å²) in [5.74, 6) is -0.418. The highest BCUT2D eigenvalue weighted by Gasteiger charge is 2.18. The Morgan fingerprint density at radius 1 is 1.05 bits per heavy atom. The maximum atomic E-state index is 11.6. The number of carbonyl (C=O) groups is 1. The lowest BCUT2D eigenvalue weighted by Gasteiger charge is -2.17. The fourth-order valence-electron chi connectivity index (χ4n) is 1.71. The van der Waals surface area contributed by atoms with Gasteiger partial charge in [0.2, 0.25) is 5.91 Å². The molecule has 2 rings (SSSR count). The second-order valence-corrected chi connectivity index (χ2v) is 5.73. The van der Waals surface area contributed by atoms with Crippen LogP contribution in [0.2, 0.25) is 0 Å². The molecule has 3 nitrogen and oxygen atoms in total. The maximum absolute atomic E-state index is 11.6. The first-order valence-corrected chi connectivity index (χ1v) is 7.22. The summed E-state index contributed by atoms with van der Waals surface area (Å²) in [4.78, 5) is 11.6. The van der Waals surface area contributed by atoms with E-state index in [-0.39, 0.29) is 0 Å². The van der Waals surface area contributed by atoms with Crippen LogP contribution in [0.15, 0.2) is 57.5 Å². The van der Waals surface area contributed by atoms with Crippen LogP contribution in [0, 0.1) is 0 Å². The van der Waals surface area contributed by atoms with Gasteiger partial charge in [-0.25, -0.2) is 0 Å². The molecule has 0 saturated heterocycles. The maximum Gasteiger partial charge on any atom is 0.244 e. The van der Waals surface area contributed by atoms with Crippen molar-refractivity contribution in [3.8, 4) is 0 Å². The van der Waals surface area contributed by atoms with E-state index in [1.54, 1.807) is 0 Å². The van der Waals surface area contributed by atoms with E-state index in [4.69, 9.17) is 5.73 Å². The van der Waals surface area contributed by atoms with Crippen LogP contribution in [0.25, 0.3) is 0 Å². The second kappa shape index (κ2) is 6.21. The number of hydrogen-bond donors (Lipinski definition) is 2. The summed E-state index contributed by atoms with van der Waals surface area (Å²) in [5.41, 5.74) is 7.14. The van der Waals surface area contributed by atoms with Crippen molar-refractivity contribution >= 4 is 43.5 Å². The van der Waals surface area contributed by atoms with Gasteiger partial charge < -0.3 is 11.1 Å². The lowest BCUT2D eigenvalue weighted by atomic mass is 10.1. The first kappa shape index (κ1) is 14.1. The van der Waals surface area contributed by atoms with Gasteiger partial charge in [0.15, 0.2) is 0 Å². The third-order valence-electron chi connectivity index (χ3n) is 2.65. The number of carbonyl (C=O) groups excluding carboxylic acids is 1. The molecule has 0 spiro atoms. The molecule has 0 saturated carbocycles. The predicted octanol–water partition coefficient (Wildman–Crippen LogP) is 3.85. The van der Waals surface area contributed by atoms with Gasteiger partial charge in [0.05, 0.1) is 0 Å². The minimum Gasteiger partial charge on any atom is -0.370 e. The van der Waals surface area contributed by atoms with Crippen LogP contribution in [0.5, 0.6) is 0 Å². The number of amides is 1. The Labute approximate surface area is 128 Å². The molecule has 3 N–H and O–H groups in total. The molecule has 0 aliphatic carbocycles. The minimum absolute atomic E-state index is 0.418. The van der Waals surface area contributed by atoms with E-state index in [0.717, 1.165) is 20.2 Å². The molecule has 98 valence electrons. The van der Waals surface area contributed by atoms with E-state index in [0.29, 0.717) is 0 Å². The Hall–Kier alpha value is -1.33. The van der Waals surface area contributed by atoms with Gasteiger partial charge >= 0.3 is 0 Å². The van der Waals surface area contributed by atoms with Crippen molar-refractivity contribution in [1.82, 2.24) is 0 Å². The summed E-state index contributed by atoms with van der Waals surface area (Å²) in [6.45, 7) is 0. The Morgan fingerprint density at radius 2 is 1.74 bits per heavy atom. The van der Waals surface area contributed by atoms with Crippen molar-refractivity contribution < 1.29 is 4.79 Å². The normalized spacial score (nSPS) is 11.9. The van der Waals surface area contributed by atoms with E-state index in [9.17, 15) is 4.79 Å². The number of hydrogen-bond acceptors (Lipinski definition) is 2. The van der Waals surface area contributed by atoms with Crippen LogP contribution in [0.3, 0.4) is 0 Å². The van der Waals surface area contributed by atoms with E-state index in [1.165, 1.54) is 0 Å². The predicted molar refractivity (Wildman–Crippen MR) is 83.8 cm³/mol. The Balaban J connectivity index is 2.30. The minimum atomic E-state index is -0.563. The van der Waals surface area contributed by atoms with Crippen LogP contribution < -0.4 is 11.1 Å². The molecule has 1 unspecified atom stereocenters. The first-order chi connectivity index (χ1) is 9.08. The van der Waals surface area contributed by atoms with Gasteiger partial charge in [-0.05, 0) is 61.7 Å². The molecule has 0 bridgehead atoms. The van der Waals surface area contributed by atoms with E-state index < -0.39 is 11.9 Å². The summed E-state index contributed by atoms with van der Waals surface area (Å²) in [6.07, 6.45) is 0. The van der Waals surface area contributed by atoms with Gasteiger partial charge in [-0.2, -0.15) is 0 Å². The second-order valence-electron chi connectivity index (χ2n) is 4.02. The Morgan fingerprint density at radius 3 is 2.32 bits per heavy atom. The van der Waals surface area contributed by atoms with Gasteiger partial charge in [0.1, 0.15) is 6.04 Å². The Bertz CT molecular complexity index is 587. The lowest BCUT2D eigenvalue weighted by molar-refractivity contribution is -0.118. The average Bonchev–Trinajstić information content (AvgIpc) is 2.40. The van der Waals surface area contributed by atoms with Crippen LogP contribution in [-0.4, -0.2) is 5.91 Å². The third-order valence-corrected chi connectivity index (χ3v) is 4.53. The zero-order valence-electron chi connectivity index (χ0n) is 9.94. The van der Waals surface area contributed by atoms with Crippen molar-refractivity contribution in [2.24, 2.45) is 5.73 Å². The smallest absolute Gasteiger partial charge is 0.244 e. The molecule has 1 amide bonds. The van der Waals surface area contributed by atoms with E-state index in [1.807, 2.05) is 48.5 Å². The topological polar surface area (TPSA) is 55.1 Å². The highest BCUT2D eigenvalue weighted by atomic mass is 79.9. The van der Waals surface area contributed by atoms with E-state index >= 15 is 0 Å². The van der Waals surface area contributed by atoms with Crippen molar-refractivity contribution in [2.45, 2.75) is 6.04 Å². The molecule has 2 aromatic rings. The molecule has 0 radical (unpaired) electrons. The Kier molecular flexibility index (Phi) is 4.61. The molecule has 0 heterocycles. The monoisotopic (exact) mass is 382 g/mol. The molecule has 1 atom stereocenters. The molecule has 0 fully saturated rings. The zero-order chi connectivity index (χ0) is 13.8. The van der Waals surface area contributed by atoms with Gasteiger partial charge in [0, 0.05) is 14.6 Å². The number of nitrogens with one attached hydrogen (secondary N) is 1. The molecule has 0 aliphatic heterocycles. The fraction of sp³-hybridized carbons (Fsp3) is 0.0714.